The van der Waals surface area contributed by atoms with Crippen LogP contribution in [-0.4, -0.2) is 46.4 Å². The number of likely N-dealkylation sites (tertiary alicyclic amines) is 1. The van der Waals surface area contributed by atoms with E-state index in [2.05, 4.69) is 5.32 Å². The molecule has 0 unspecified atom stereocenters. The summed E-state index contributed by atoms with van der Waals surface area (Å²) in [6.07, 6.45) is 1.79. The summed E-state index contributed by atoms with van der Waals surface area (Å²) in [4.78, 5) is 26.1. The van der Waals surface area contributed by atoms with Crippen LogP contribution in [0.1, 0.15) is 24.3 Å². The molecule has 0 aliphatic carbocycles. The van der Waals surface area contributed by atoms with E-state index in [9.17, 15) is 19.1 Å². The van der Waals surface area contributed by atoms with E-state index in [1.807, 2.05) is 17.0 Å². The number of piperidine rings is 1. The minimum atomic E-state index is -0.354. The molecule has 7 heteroatoms. The van der Waals surface area contributed by atoms with E-state index < -0.39 is 0 Å². The quantitative estimate of drug-likeness (QED) is 0.775. The number of phenolic OH excluding ortho intramolecular Hbond substituents is 1. The van der Waals surface area contributed by atoms with E-state index in [0.717, 1.165) is 12.8 Å². The zero-order chi connectivity index (χ0) is 19.9. The number of nitrogens with zero attached hydrogens (tertiary/aromatic N) is 1. The minimum Gasteiger partial charge on any atom is -0.508 e. The van der Waals surface area contributed by atoms with Crippen molar-refractivity contribution in [1.29, 1.82) is 0 Å². The first-order chi connectivity index (χ1) is 13.5. The lowest BCUT2D eigenvalue weighted by Gasteiger charge is -2.32. The number of amides is 2. The number of hydrogen-bond acceptors (Lipinski definition) is 4. The van der Waals surface area contributed by atoms with Gasteiger partial charge in [-0.3, -0.25) is 9.59 Å². The van der Waals surface area contributed by atoms with Gasteiger partial charge in [-0.05, 0) is 60.7 Å². The first-order valence-electron chi connectivity index (χ1n) is 9.21. The van der Waals surface area contributed by atoms with Crippen LogP contribution in [0.2, 0.25) is 0 Å². The van der Waals surface area contributed by atoms with Crippen molar-refractivity contribution in [3.05, 3.63) is 59.9 Å². The molecule has 0 aromatic heterocycles. The van der Waals surface area contributed by atoms with Gasteiger partial charge in [0.05, 0.1) is 11.5 Å². The molecule has 0 spiro atoms. The Labute approximate surface area is 167 Å². The number of benzene rings is 2. The van der Waals surface area contributed by atoms with E-state index in [0.29, 0.717) is 24.7 Å². The first kappa shape index (κ1) is 20.2. The molecule has 28 heavy (non-hydrogen) atoms. The van der Waals surface area contributed by atoms with Crippen LogP contribution < -0.4 is 5.32 Å². The minimum absolute atomic E-state index is 0.0451. The van der Waals surface area contributed by atoms with E-state index in [1.54, 1.807) is 12.1 Å². The van der Waals surface area contributed by atoms with Crippen molar-refractivity contribution in [3.63, 3.8) is 0 Å². The number of nitrogens with one attached hydrogen (secondary N) is 1. The standard InChI is InChI=1S/C21H23FN2O3S/c22-17-3-5-18(6-4-17)23-20(26)13-28-14-21(27)24-11-9-16(10-12-24)15-1-7-19(25)8-2-15/h1-8,16,25H,9-14H2,(H,23,26). The Hall–Kier alpha value is -2.54. The second-order valence-electron chi connectivity index (χ2n) is 6.79. The molecule has 0 saturated carbocycles. The van der Waals surface area contributed by atoms with Gasteiger partial charge in [-0.2, -0.15) is 0 Å². The molecule has 0 atom stereocenters. The molecule has 1 saturated heterocycles. The van der Waals surface area contributed by atoms with Gasteiger partial charge in [0.2, 0.25) is 11.8 Å². The molecule has 1 fully saturated rings. The van der Waals surface area contributed by atoms with Crippen molar-refractivity contribution in [2.24, 2.45) is 0 Å². The van der Waals surface area contributed by atoms with Gasteiger partial charge in [-0.25, -0.2) is 4.39 Å². The average Bonchev–Trinajstić information content (AvgIpc) is 2.70. The van der Waals surface area contributed by atoms with Gasteiger partial charge >= 0.3 is 0 Å². The summed E-state index contributed by atoms with van der Waals surface area (Å²) < 4.78 is 12.9. The Morgan fingerprint density at radius 3 is 2.32 bits per heavy atom. The molecular formula is C21H23FN2O3S. The van der Waals surface area contributed by atoms with Gasteiger partial charge in [0.15, 0.2) is 0 Å². The maximum Gasteiger partial charge on any atom is 0.234 e. The third kappa shape index (κ3) is 5.73. The number of thioether (sulfide) groups is 1. The third-order valence-corrected chi connectivity index (χ3v) is 5.72. The Morgan fingerprint density at radius 1 is 1.04 bits per heavy atom. The lowest BCUT2D eigenvalue weighted by molar-refractivity contribution is -0.129. The fraction of sp³-hybridized carbons (Fsp3) is 0.333. The molecule has 2 aromatic rings. The largest absolute Gasteiger partial charge is 0.508 e. The van der Waals surface area contributed by atoms with Gasteiger partial charge < -0.3 is 15.3 Å². The van der Waals surface area contributed by atoms with Crippen LogP contribution in [0.5, 0.6) is 5.75 Å². The highest BCUT2D eigenvalue weighted by atomic mass is 32.2. The zero-order valence-corrected chi connectivity index (χ0v) is 16.3. The normalized spacial score (nSPS) is 14.7. The van der Waals surface area contributed by atoms with Gasteiger partial charge in [0, 0.05) is 18.8 Å². The Kier molecular flexibility index (Phi) is 6.92. The van der Waals surface area contributed by atoms with E-state index in [4.69, 9.17) is 0 Å². The molecule has 148 valence electrons. The molecular weight excluding hydrogens is 379 g/mol. The summed E-state index contributed by atoms with van der Waals surface area (Å²) in [5.74, 6) is 0.579. The van der Waals surface area contributed by atoms with Crippen molar-refractivity contribution in [2.75, 3.05) is 29.9 Å². The smallest absolute Gasteiger partial charge is 0.234 e. The summed E-state index contributed by atoms with van der Waals surface area (Å²) in [5.41, 5.74) is 1.73. The Balaban J connectivity index is 1.37. The number of aromatic hydroxyl groups is 1. The van der Waals surface area contributed by atoms with Crippen LogP contribution in [0, 0.1) is 5.82 Å². The van der Waals surface area contributed by atoms with Gasteiger partial charge in [-0.15, -0.1) is 11.8 Å². The molecule has 2 aromatic carbocycles. The fourth-order valence-corrected chi connectivity index (χ4v) is 3.98. The van der Waals surface area contributed by atoms with Crippen LogP contribution in [0.3, 0.4) is 0 Å². The fourth-order valence-electron chi connectivity index (χ4n) is 3.26. The molecule has 5 nitrogen and oxygen atoms in total. The number of hydrogen-bond donors (Lipinski definition) is 2. The van der Waals surface area contributed by atoms with E-state index in [1.165, 1.54) is 41.6 Å². The molecule has 3 rings (SSSR count). The Morgan fingerprint density at radius 2 is 1.68 bits per heavy atom. The number of phenols is 1. The zero-order valence-electron chi connectivity index (χ0n) is 15.4. The van der Waals surface area contributed by atoms with Gasteiger partial charge in [0.25, 0.3) is 0 Å². The topological polar surface area (TPSA) is 69.6 Å². The highest BCUT2D eigenvalue weighted by Crippen LogP contribution is 2.29. The highest BCUT2D eigenvalue weighted by molar-refractivity contribution is 8.00. The summed E-state index contributed by atoms with van der Waals surface area (Å²) in [7, 11) is 0. The monoisotopic (exact) mass is 402 g/mol. The number of carbonyl (C=O) groups excluding carboxylic acids is 2. The molecule has 1 aliphatic rings. The van der Waals surface area contributed by atoms with Crippen molar-refractivity contribution < 1.29 is 19.1 Å². The lowest BCUT2D eigenvalue weighted by atomic mass is 9.89. The highest BCUT2D eigenvalue weighted by Gasteiger charge is 2.23. The van der Waals surface area contributed by atoms with Crippen molar-refractivity contribution >= 4 is 29.3 Å². The lowest BCUT2D eigenvalue weighted by Crippen LogP contribution is -2.39. The van der Waals surface area contributed by atoms with Gasteiger partial charge in [-0.1, -0.05) is 12.1 Å². The molecule has 1 aliphatic heterocycles. The molecule has 0 bridgehead atoms. The maximum atomic E-state index is 12.9. The van der Waals surface area contributed by atoms with Crippen LogP contribution in [0.15, 0.2) is 48.5 Å². The number of rotatable bonds is 6. The summed E-state index contributed by atoms with van der Waals surface area (Å²) in [5, 5.41) is 12.1. The summed E-state index contributed by atoms with van der Waals surface area (Å²) in [6, 6.07) is 12.8. The molecule has 0 radical (unpaired) electrons. The average molecular weight is 402 g/mol. The van der Waals surface area contributed by atoms with E-state index in [-0.39, 0.29) is 34.9 Å². The van der Waals surface area contributed by atoms with Crippen LogP contribution >= 0.6 is 11.8 Å². The van der Waals surface area contributed by atoms with Crippen LogP contribution in [0.4, 0.5) is 10.1 Å². The summed E-state index contributed by atoms with van der Waals surface area (Å²) >= 11 is 1.28. The SMILES string of the molecule is O=C(CSCC(=O)N1CCC(c2ccc(O)cc2)CC1)Nc1ccc(F)cc1. The van der Waals surface area contributed by atoms with Crippen molar-refractivity contribution in [1.82, 2.24) is 4.90 Å². The number of carbonyl (C=O) groups is 2. The van der Waals surface area contributed by atoms with Crippen LogP contribution in [0.25, 0.3) is 0 Å². The molecule has 2 amide bonds. The second-order valence-corrected chi connectivity index (χ2v) is 7.78. The summed E-state index contributed by atoms with van der Waals surface area (Å²) in [6.45, 7) is 1.40. The van der Waals surface area contributed by atoms with Crippen molar-refractivity contribution in [3.8, 4) is 5.75 Å². The molecule has 1 heterocycles. The number of halogens is 1. The molecule has 2 N–H and O–H groups in total. The van der Waals surface area contributed by atoms with Crippen LogP contribution in [-0.2, 0) is 9.59 Å². The maximum absolute atomic E-state index is 12.9. The second kappa shape index (κ2) is 9.59. The van der Waals surface area contributed by atoms with E-state index >= 15 is 0 Å². The van der Waals surface area contributed by atoms with Crippen molar-refractivity contribution in [2.45, 2.75) is 18.8 Å². The third-order valence-electron chi connectivity index (χ3n) is 4.80. The predicted octanol–water partition coefficient (Wildman–Crippen LogP) is 3.61. The Bertz CT molecular complexity index is 803. The predicted molar refractivity (Wildman–Crippen MR) is 109 cm³/mol. The number of anilines is 1. The van der Waals surface area contributed by atoms with Gasteiger partial charge in [0.1, 0.15) is 11.6 Å². The first-order valence-corrected chi connectivity index (χ1v) is 10.4.